The van der Waals surface area contributed by atoms with E-state index in [4.69, 9.17) is 16.9 Å². The van der Waals surface area contributed by atoms with Crippen LogP contribution < -0.4 is 4.90 Å². The van der Waals surface area contributed by atoms with Crippen LogP contribution in [-0.2, 0) is 0 Å². The largest absolute Gasteiger partial charge is 0.358 e. The topological polar surface area (TPSA) is 69.9 Å². The van der Waals surface area contributed by atoms with Crippen LogP contribution in [0.4, 0.5) is 5.82 Å². The number of hydrogen-bond donors (Lipinski definition) is 0. The van der Waals surface area contributed by atoms with Gasteiger partial charge in [0.2, 0.25) is 0 Å². The Labute approximate surface area is 98.7 Å². The molecule has 1 unspecified atom stereocenters. The molecule has 0 saturated carbocycles. The van der Waals surface area contributed by atoms with Crippen molar-refractivity contribution in [3.8, 4) is 6.07 Å². The highest BCUT2D eigenvalue weighted by Crippen LogP contribution is 2.20. The predicted octanol–water partition coefficient (Wildman–Crippen LogP) is 1.54. The molecule has 0 aliphatic rings. The maximum absolute atomic E-state index is 10.9. The van der Waals surface area contributed by atoms with Gasteiger partial charge in [0.15, 0.2) is 6.29 Å². The smallest absolute Gasteiger partial charge is 0.156 e. The van der Waals surface area contributed by atoms with Crippen molar-refractivity contribution in [1.29, 1.82) is 5.26 Å². The number of halogens is 1. The summed E-state index contributed by atoms with van der Waals surface area (Å²) in [4.78, 5) is 20.3. The van der Waals surface area contributed by atoms with Crippen molar-refractivity contribution >= 4 is 23.7 Å². The fraction of sp³-hybridized carbons (Fsp3) is 0.400. The molecule has 6 heteroatoms. The Kier molecular flexibility index (Phi) is 4.20. The highest BCUT2D eigenvalue weighted by atomic mass is 35.5. The Morgan fingerprint density at radius 3 is 2.94 bits per heavy atom. The summed E-state index contributed by atoms with van der Waals surface area (Å²) in [6.07, 6.45) is 1.91. The van der Waals surface area contributed by atoms with Crippen molar-refractivity contribution in [2.75, 3.05) is 18.5 Å². The van der Waals surface area contributed by atoms with Gasteiger partial charge in [0, 0.05) is 13.6 Å². The first kappa shape index (κ1) is 12.4. The number of hydrogen-bond acceptors (Lipinski definition) is 5. The van der Waals surface area contributed by atoms with E-state index < -0.39 is 0 Å². The van der Waals surface area contributed by atoms with Crippen molar-refractivity contribution in [3.63, 3.8) is 0 Å². The molecule has 84 valence electrons. The first-order valence-corrected chi connectivity index (χ1v) is 5.04. The molecule has 0 aliphatic heterocycles. The highest BCUT2D eigenvalue weighted by molar-refractivity contribution is 6.32. The molecule has 0 radical (unpaired) electrons. The summed E-state index contributed by atoms with van der Waals surface area (Å²) in [6, 6.07) is 2.11. The first-order valence-electron chi connectivity index (χ1n) is 4.66. The summed E-state index contributed by atoms with van der Waals surface area (Å²) in [6.45, 7) is 2.27. The van der Waals surface area contributed by atoms with Gasteiger partial charge in [-0.05, 0) is 6.92 Å². The third kappa shape index (κ3) is 2.67. The molecule has 0 bridgehead atoms. The van der Waals surface area contributed by atoms with Crippen molar-refractivity contribution in [1.82, 2.24) is 9.97 Å². The van der Waals surface area contributed by atoms with E-state index in [-0.39, 0.29) is 16.6 Å². The molecule has 0 aliphatic carbocycles. The van der Waals surface area contributed by atoms with Crippen LogP contribution in [-0.4, -0.2) is 29.8 Å². The number of aldehydes is 1. The number of nitrogens with zero attached hydrogens (tertiary/aromatic N) is 4. The van der Waals surface area contributed by atoms with Gasteiger partial charge < -0.3 is 4.90 Å². The zero-order chi connectivity index (χ0) is 12.1. The number of carbonyl (C=O) groups excluding carboxylic acids is 1. The lowest BCUT2D eigenvalue weighted by atomic mass is 10.2. The van der Waals surface area contributed by atoms with Gasteiger partial charge >= 0.3 is 0 Å². The van der Waals surface area contributed by atoms with E-state index in [0.717, 1.165) is 0 Å². The zero-order valence-electron chi connectivity index (χ0n) is 9.01. The normalized spacial score (nSPS) is 11.6. The van der Waals surface area contributed by atoms with E-state index in [0.29, 0.717) is 18.6 Å². The zero-order valence-corrected chi connectivity index (χ0v) is 9.77. The van der Waals surface area contributed by atoms with Crippen molar-refractivity contribution in [3.05, 3.63) is 17.0 Å². The van der Waals surface area contributed by atoms with Crippen LogP contribution in [0.25, 0.3) is 0 Å². The van der Waals surface area contributed by atoms with Gasteiger partial charge in [-0.1, -0.05) is 11.6 Å². The highest BCUT2D eigenvalue weighted by Gasteiger charge is 2.14. The predicted molar refractivity (Wildman–Crippen MR) is 60.5 cm³/mol. The van der Waals surface area contributed by atoms with Crippen LogP contribution in [0.5, 0.6) is 0 Å². The lowest BCUT2D eigenvalue weighted by molar-refractivity contribution is 0.112. The van der Waals surface area contributed by atoms with Gasteiger partial charge in [-0.15, -0.1) is 0 Å². The first-order chi connectivity index (χ1) is 7.60. The molecule has 0 fully saturated rings. The third-order valence-corrected chi connectivity index (χ3v) is 2.36. The number of nitriles is 1. The minimum Gasteiger partial charge on any atom is -0.358 e. The quantitative estimate of drug-likeness (QED) is 0.588. The Balaban J connectivity index is 3.00. The van der Waals surface area contributed by atoms with Crippen molar-refractivity contribution in [2.45, 2.75) is 6.92 Å². The Bertz CT molecular complexity index is 429. The lowest BCUT2D eigenvalue weighted by Crippen LogP contribution is -2.25. The van der Waals surface area contributed by atoms with E-state index in [1.54, 1.807) is 18.9 Å². The second-order valence-corrected chi connectivity index (χ2v) is 3.79. The van der Waals surface area contributed by atoms with Crippen molar-refractivity contribution < 1.29 is 4.79 Å². The van der Waals surface area contributed by atoms with Gasteiger partial charge in [0.05, 0.1) is 17.6 Å². The molecule has 1 rings (SSSR count). The molecular formula is C10H11ClN4O. The number of rotatable bonds is 4. The second-order valence-electron chi connectivity index (χ2n) is 3.43. The fourth-order valence-corrected chi connectivity index (χ4v) is 1.48. The van der Waals surface area contributed by atoms with E-state index in [1.807, 2.05) is 0 Å². The maximum Gasteiger partial charge on any atom is 0.156 e. The molecule has 1 heterocycles. The number of aromatic nitrogens is 2. The van der Waals surface area contributed by atoms with Crippen LogP contribution in [0.3, 0.4) is 0 Å². The molecule has 0 amide bonds. The van der Waals surface area contributed by atoms with Gasteiger partial charge in [-0.25, -0.2) is 9.97 Å². The molecule has 1 atom stereocenters. The van der Waals surface area contributed by atoms with Gasteiger partial charge in [0.1, 0.15) is 17.3 Å². The SMILES string of the molecule is CC(C#N)CN(C)c1ncnc(Cl)c1C=O. The second kappa shape index (κ2) is 5.42. The van der Waals surface area contributed by atoms with E-state index in [9.17, 15) is 4.79 Å². The van der Waals surface area contributed by atoms with Crippen LogP contribution in [0.2, 0.25) is 5.15 Å². The summed E-state index contributed by atoms with van der Waals surface area (Å²) in [5.41, 5.74) is 0.247. The molecule has 0 spiro atoms. The number of anilines is 1. The minimum absolute atomic E-state index is 0.122. The Hall–Kier alpha value is -1.67. The standard InChI is InChI=1S/C10H11ClN4O/c1-7(3-12)4-15(2)10-8(5-16)9(11)13-6-14-10/h5-7H,4H2,1-2H3. The van der Waals surface area contributed by atoms with Gasteiger partial charge in [0.25, 0.3) is 0 Å². The lowest BCUT2D eigenvalue weighted by Gasteiger charge is -2.20. The molecule has 0 saturated heterocycles. The molecule has 5 nitrogen and oxygen atoms in total. The Morgan fingerprint density at radius 2 is 2.38 bits per heavy atom. The third-order valence-electron chi connectivity index (χ3n) is 2.06. The summed E-state index contributed by atoms with van der Waals surface area (Å²) in [5, 5.41) is 8.83. The van der Waals surface area contributed by atoms with Crippen LogP contribution in [0, 0.1) is 17.2 Å². The molecule has 1 aromatic heterocycles. The van der Waals surface area contributed by atoms with Gasteiger partial charge in [-0.2, -0.15) is 5.26 Å². The van der Waals surface area contributed by atoms with Crippen LogP contribution in [0.1, 0.15) is 17.3 Å². The molecule has 0 aromatic carbocycles. The molecule has 0 N–H and O–H groups in total. The summed E-state index contributed by atoms with van der Waals surface area (Å²) in [5.74, 6) is 0.287. The number of carbonyl (C=O) groups is 1. The van der Waals surface area contributed by atoms with Gasteiger partial charge in [-0.3, -0.25) is 4.79 Å². The molecular weight excluding hydrogens is 228 g/mol. The summed E-state index contributed by atoms with van der Waals surface area (Å²) in [7, 11) is 1.75. The minimum atomic E-state index is -0.154. The summed E-state index contributed by atoms with van der Waals surface area (Å²) < 4.78 is 0. The molecule has 1 aromatic rings. The average Bonchev–Trinajstić information content (AvgIpc) is 2.28. The van der Waals surface area contributed by atoms with Crippen molar-refractivity contribution in [2.24, 2.45) is 5.92 Å². The van der Waals surface area contributed by atoms with E-state index in [2.05, 4.69) is 16.0 Å². The van der Waals surface area contributed by atoms with Crippen LogP contribution >= 0.6 is 11.6 Å². The molecule has 16 heavy (non-hydrogen) atoms. The average molecular weight is 239 g/mol. The Morgan fingerprint density at radius 1 is 1.69 bits per heavy atom. The monoisotopic (exact) mass is 238 g/mol. The summed E-state index contributed by atoms with van der Waals surface area (Å²) >= 11 is 5.77. The van der Waals surface area contributed by atoms with E-state index >= 15 is 0 Å². The maximum atomic E-state index is 10.9. The van der Waals surface area contributed by atoms with E-state index in [1.165, 1.54) is 6.33 Å². The van der Waals surface area contributed by atoms with Crippen LogP contribution in [0.15, 0.2) is 6.33 Å². The fourth-order valence-electron chi connectivity index (χ4n) is 1.31.